The van der Waals surface area contributed by atoms with Gasteiger partial charge in [-0.05, 0) is 81.8 Å². The number of benzene rings is 2. The normalized spacial score (nSPS) is 21.8. The second-order valence-electron chi connectivity index (χ2n) is 9.18. The van der Waals surface area contributed by atoms with E-state index in [0.717, 1.165) is 50.7 Å². The highest BCUT2D eigenvalue weighted by Crippen LogP contribution is 2.31. The third-order valence-corrected chi connectivity index (χ3v) is 7.06. The summed E-state index contributed by atoms with van der Waals surface area (Å²) in [6.45, 7) is 4.09. The Hall–Kier alpha value is -3.02. The molecule has 1 saturated carbocycles. The number of hydrogen-bond donors (Lipinski definition) is 0. The summed E-state index contributed by atoms with van der Waals surface area (Å²) < 4.78 is 11.8. The molecule has 2 aromatic rings. The number of amides is 2. The molecule has 0 spiro atoms. The maximum Gasteiger partial charge on any atom is 0.257 e. The number of para-hydroxylation sites is 1. The van der Waals surface area contributed by atoms with Gasteiger partial charge in [0, 0.05) is 25.2 Å². The Morgan fingerprint density at radius 2 is 1.71 bits per heavy atom. The van der Waals surface area contributed by atoms with E-state index in [0.29, 0.717) is 36.5 Å². The van der Waals surface area contributed by atoms with Crippen molar-refractivity contribution in [3.8, 4) is 11.5 Å². The lowest BCUT2D eigenvalue weighted by molar-refractivity contribution is 0.0273. The van der Waals surface area contributed by atoms with Gasteiger partial charge < -0.3 is 19.3 Å². The van der Waals surface area contributed by atoms with Crippen molar-refractivity contribution < 1.29 is 19.1 Å². The standard InChI is InChI=1S/C28H36N2O4/c1-3-29-19-9-4-10-20-30(27(31)21-15-17-22(33-2)18-16-21)24-12-6-8-14-26(24)34-25-13-7-5-11-23(25)28(29)32/h5,7,11,13,15-18,24,26H,3-4,6,8-10,12,14,19-20H2,1-2H3/t24-,26+/m1/s1. The van der Waals surface area contributed by atoms with Gasteiger partial charge in [-0.1, -0.05) is 18.6 Å². The van der Waals surface area contributed by atoms with E-state index in [4.69, 9.17) is 9.47 Å². The molecule has 182 valence electrons. The summed E-state index contributed by atoms with van der Waals surface area (Å²) in [5.74, 6) is 1.43. The Morgan fingerprint density at radius 3 is 2.47 bits per heavy atom. The second kappa shape index (κ2) is 11.4. The van der Waals surface area contributed by atoms with Crippen LogP contribution in [0.5, 0.6) is 11.5 Å². The number of nitrogens with zero attached hydrogens (tertiary/aromatic N) is 2. The molecule has 34 heavy (non-hydrogen) atoms. The number of rotatable bonds is 3. The van der Waals surface area contributed by atoms with E-state index in [1.54, 1.807) is 7.11 Å². The zero-order valence-corrected chi connectivity index (χ0v) is 20.4. The molecule has 0 radical (unpaired) electrons. The molecule has 0 aromatic heterocycles. The third-order valence-electron chi connectivity index (χ3n) is 7.06. The summed E-state index contributed by atoms with van der Waals surface area (Å²) in [6, 6.07) is 14.9. The van der Waals surface area contributed by atoms with Crippen molar-refractivity contribution in [2.24, 2.45) is 0 Å². The number of methoxy groups -OCH3 is 1. The van der Waals surface area contributed by atoms with Crippen LogP contribution in [-0.2, 0) is 0 Å². The van der Waals surface area contributed by atoms with Crippen LogP contribution in [0.1, 0.15) is 72.6 Å². The molecule has 6 heteroatoms. The highest BCUT2D eigenvalue weighted by Gasteiger charge is 2.35. The predicted molar refractivity (Wildman–Crippen MR) is 133 cm³/mol. The summed E-state index contributed by atoms with van der Waals surface area (Å²) in [4.78, 5) is 30.9. The minimum Gasteiger partial charge on any atom is -0.497 e. The van der Waals surface area contributed by atoms with Gasteiger partial charge in [0.2, 0.25) is 0 Å². The average Bonchev–Trinajstić information content (AvgIpc) is 2.89. The monoisotopic (exact) mass is 464 g/mol. The molecular formula is C28H36N2O4. The molecule has 0 unspecified atom stereocenters. The van der Waals surface area contributed by atoms with E-state index < -0.39 is 0 Å². The summed E-state index contributed by atoms with van der Waals surface area (Å²) >= 11 is 0. The molecule has 1 aliphatic carbocycles. The first-order valence-electron chi connectivity index (χ1n) is 12.6. The maximum absolute atomic E-state index is 13.7. The lowest BCUT2D eigenvalue weighted by atomic mass is 9.90. The van der Waals surface area contributed by atoms with Crippen molar-refractivity contribution in [3.63, 3.8) is 0 Å². The van der Waals surface area contributed by atoms with Gasteiger partial charge in [-0.2, -0.15) is 0 Å². The van der Waals surface area contributed by atoms with Gasteiger partial charge in [-0.15, -0.1) is 0 Å². The van der Waals surface area contributed by atoms with Crippen molar-refractivity contribution in [1.82, 2.24) is 9.80 Å². The Morgan fingerprint density at radius 1 is 0.971 bits per heavy atom. The number of carbonyl (C=O) groups is 2. The van der Waals surface area contributed by atoms with E-state index in [2.05, 4.69) is 0 Å². The topological polar surface area (TPSA) is 59.1 Å². The molecule has 6 nitrogen and oxygen atoms in total. The zero-order chi connectivity index (χ0) is 23.9. The van der Waals surface area contributed by atoms with Crippen LogP contribution < -0.4 is 9.47 Å². The highest BCUT2D eigenvalue weighted by atomic mass is 16.5. The molecule has 1 fully saturated rings. The maximum atomic E-state index is 13.7. The Labute approximate surface area is 202 Å². The van der Waals surface area contributed by atoms with E-state index in [9.17, 15) is 9.59 Å². The third kappa shape index (κ3) is 5.37. The molecule has 1 aliphatic heterocycles. The number of hydrogen-bond acceptors (Lipinski definition) is 4. The van der Waals surface area contributed by atoms with E-state index in [1.807, 2.05) is 65.3 Å². The largest absolute Gasteiger partial charge is 0.497 e. The van der Waals surface area contributed by atoms with Crippen LogP contribution >= 0.6 is 0 Å². The molecule has 2 atom stereocenters. The lowest BCUT2D eigenvalue weighted by Gasteiger charge is -2.40. The number of carbonyl (C=O) groups excluding carboxylic acids is 2. The number of fused-ring (bicyclic) bond motifs is 2. The van der Waals surface area contributed by atoms with Crippen molar-refractivity contribution in [2.45, 2.75) is 64.0 Å². The van der Waals surface area contributed by atoms with Crippen LogP contribution in [0.4, 0.5) is 0 Å². The average molecular weight is 465 g/mol. The van der Waals surface area contributed by atoms with E-state index in [-0.39, 0.29) is 24.0 Å². The fourth-order valence-electron chi connectivity index (χ4n) is 5.13. The van der Waals surface area contributed by atoms with Crippen LogP contribution in [0, 0.1) is 0 Å². The summed E-state index contributed by atoms with van der Waals surface area (Å²) in [6.07, 6.45) is 6.56. The van der Waals surface area contributed by atoms with Gasteiger partial charge in [0.05, 0.1) is 18.7 Å². The smallest absolute Gasteiger partial charge is 0.257 e. The molecular weight excluding hydrogens is 428 g/mol. The van der Waals surface area contributed by atoms with Gasteiger partial charge >= 0.3 is 0 Å². The van der Waals surface area contributed by atoms with Gasteiger partial charge in [0.25, 0.3) is 11.8 Å². The fourth-order valence-corrected chi connectivity index (χ4v) is 5.13. The van der Waals surface area contributed by atoms with Gasteiger partial charge in [-0.3, -0.25) is 9.59 Å². The zero-order valence-electron chi connectivity index (χ0n) is 20.4. The van der Waals surface area contributed by atoms with Crippen molar-refractivity contribution >= 4 is 11.8 Å². The Balaban J connectivity index is 1.67. The van der Waals surface area contributed by atoms with Crippen LogP contribution in [0.2, 0.25) is 0 Å². The molecule has 2 amide bonds. The Kier molecular flexibility index (Phi) is 8.09. The molecule has 0 bridgehead atoms. The van der Waals surface area contributed by atoms with Gasteiger partial charge in [-0.25, -0.2) is 0 Å². The molecule has 0 saturated heterocycles. The fraction of sp³-hybridized carbons (Fsp3) is 0.500. The lowest BCUT2D eigenvalue weighted by Crippen LogP contribution is -2.51. The van der Waals surface area contributed by atoms with Crippen molar-refractivity contribution in [3.05, 3.63) is 59.7 Å². The van der Waals surface area contributed by atoms with Crippen molar-refractivity contribution in [1.29, 1.82) is 0 Å². The molecule has 1 heterocycles. The SMILES string of the molecule is CCN1CCCCCN(C(=O)c2ccc(OC)cc2)[C@@H]2CCCC[C@@H]2Oc2ccccc2C1=O. The van der Waals surface area contributed by atoms with Gasteiger partial charge in [0.1, 0.15) is 17.6 Å². The molecule has 4 rings (SSSR count). The minimum atomic E-state index is -0.138. The molecule has 2 aliphatic rings. The molecule has 2 aromatic carbocycles. The van der Waals surface area contributed by atoms with Crippen molar-refractivity contribution in [2.75, 3.05) is 26.7 Å². The van der Waals surface area contributed by atoms with E-state index in [1.165, 1.54) is 0 Å². The van der Waals surface area contributed by atoms with Crippen LogP contribution in [0.3, 0.4) is 0 Å². The van der Waals surface area contributed by atoms with Gasteiger partial charge in [0.15, 0.2) is 0 Å². The second-order valence-corrected chi connectivity index (χ2v) is 9.18. The first kappa shape index (κ1) is 24.1. The minimum absolute atomic E-state index is 0.0189. The number of ether oxygens (including phenoxy) is 2. The van der Waals surface area contributed by atoms with Crippen LogP contribution in [0.15, 0.2) is 48.5 Å². The summed E-state index contributed by atoms with van der Waals surface area (Å²) in [7, 11) is 1.63. The quantitative estimate of drug-likeness (QED) is 0.629. The van der Waals surface area contributed by atoms with Crippen LogP contribution in [-0.4, -0.2) is 60.5 Å². The highest BCUT2D eigenvalue weighted by molar-refractivity contribution is 5.97. The predicted octanol–water partition coefficient (Wildman–Crippen LogP) is 5.17. The van der Waals surface area contributed by atoms with Crippen LogP contribution in [0.25, 0.3) is 0 Å². The Bertz CT molecular complexity index is 975. The first-order chi connectivity index (χ1) is 16.6. The van der Waals surface area contributed by atoms with E-state index >= 15 is 0 Å². The summed E-state index contributed by atoms with van der Waals surface area (Å²) in [5, 5.41) is 0. The summed E-state index contributed by atoms with van der Waals surface area (Å²) in [5.41, 5.74) is 1.28. The first-order valence-corrected chi connectivity index (χ1v) is 12.6. The molecule has 0 N–H and O–H groups in total.